The van der Waals surface area contributed by atoms with E-state index in [2.05, 4.69) is 36.1 Å². The van der Waals surface area contributed by atoms with Crippen molar-refractivity contribution in [1.29, 1.82) is 0 Å². The van der Waals surface area contributed by atoms with Gasteiger partial charge in [-0.3, -0.25) is 4.99 Å². The monoisotopic (exact) mass is 506 g/mol. The van der Waals surface area contributed by atoms with Gasteiger partial charge in [-0.15, -0.1) is 24.0 Å². The predicted octanol–water partition coefficient (Wildman–Crippen LogP) is 4.33. The van der Waals surface area contributed by atoms with Crippen LogP contribution in [0.25, 0.3) is 0 Å². The maximum Gasteiger partial charge on any atom is 0.213 e. The minimum atomic E-state index is -0.0529. The maximum absolute atomic E-state index is 5.87. The minimum absolute atomic E-state index is 0. The molecule has 0 saturated carbocycles. The first kappa shape index (κ1) is 23.6. The number of oxazole rings is 1. The van der Waals surface area contributed by atoms with Crippen LogP contribution in [0.1, 0.15) is 32.4 Å². The van der Waals surface area contributed by atoms with Crippen molar-refractivity contribution in [3.05, 3.63) is 47.1 Å². The normalized spacial score (nSPS) is 11.7. The second kappa shape index (κ2) is 10.8. The van der Waals surface area contributed by atoms with Gasteiger partial charge < -0.3 is 19.4 Å². The SMILES string of the molecule is CN=C(NCc1ncc(C(C)(C)C)o1)N(C)CCOc1ccc(Cl)cc1.I. The van der Waals surface area contributed by atoms with E-state index in [-0.39, 0.29) is 29.4 Å². The van der Waals surface area contributed by atoms with Crippen molar-refractivity contribution >= 4 is 41.5 Å². The molecule has 0 amide bonds. The van der Waals surface area contributed by atoms with Crippen LogP contribution in [0.2, 0.25) is 5.02 Å². The first-order chi connectivity index (χ1) is 12.3. The lowest BCUT2D eigenvalue weighted by Gasteiger charge is -2.21. The number of aliphatic imine (C=N–C) groups is 1. The molecule has 2 rings (SSSR count). The standard InChI is InChI=1S/C19H27ClN4O2.HI/c1-19(2,3)16-12-22-17(26-16)13-23-18(21-4)24(5)10-11-25-15-8-6-14(20)7-9-15;/h6-9,12H,10-11,13H2,1-5H3,(H,21,23);1H. The van der Waals surface area contributed by atoms with E-state index in [4.69, 9.17) is 20.8 Å². The molecule has 1 aromatic carbocycles. The van der Waals surface area contributed by atoms with Crippen LogP contribution in [0.5, 0.6) is 5.75 Å². The van der Waals surface area contributed by atoms with Crippen molar-refractivity contribution in [2.75, 3.05) is 27.2 Å². The zero-order valence-electron chi connectivity index (χ0n) is 16.5. The largest absolute Gasteiger partial charge is 0.492 e. The molecule has 0 aliphatic heterocycles. The van der Waals surface area contributed by atoms with Crippen LogP contribution in [0.3, 0.4) is 0 Å². The number of guanidine groups is 1. The van der Waals surface area contributed by atoms with Crippen LogP contribution < -0.4 is 10.1 Å². The molecular formula is C19H28ClIN4O2. The highest BCUT2D eigenvalue weighted by Gasteiger charge is 2.19. The van der Waals surface area contributed by atoms with Crippen LogP contribution in [0, 0.1) is 0 Å². The van der Waals surface area contributed by atoms with Crippen molar-refractivity contribution < 1.29 is 9.15 Å². The summed E-state index contributed by atoms with van der Waals surface area (Å²) in [5.41, 5.74) is -0.0529. The quantitative estimate of drug-likeness (QED) is 0.359. The van der Waals surface area contributed by atoms with Crippen LogP contribution >= 0.6 is 35.6 Å². The highest BCUT2D eigenvalue weighted by molar-refractivity contribution is 14.0. The zero-order valence-corrected chi connectivity index (χ0v) is 19.5. The Hall–Kier alpha value is -1.48. The summed E-state index contributed by atoms with van der Waals surface area (Å²) < 4.78 is 11.5. The smallest absolute Gasteiger partial charge is 0.213 e. The van der Waals surface area contributed by atoms with E-state index < -0.39 is 0 Å². The third kappa shape index (κ3) is 7.57. The van der Waals surface area contributed by atoms with Crippen molar-refractivity contribution in [2.45, 2.75) is 32.7 Å². The first-order valence-electron chi connectivity index (χ1n) is 8.55. The molecule has 0 bridgehead atoms. The molecule has 0 atom stereocenters. The average molecular weight is 507 g/mol. The molecule has 6 nitrogen and oxygen atoms in total. The molecule has 2 aromatic rings. The summed E-state index contributed by atoms with van der Waals surface area (Å²) in [6.07, 6.45) is 1.78. The lowest BCUT2D eigenvalue weighted by Crippen LogP contribution is -2.40. The summed E-state index contributed by atoms with van der Waals surface area (Å²) in [4.78, 5) is 10.6. The molecule has 27 heavy (non-hydrogen) atoms. The van der Waals surface area contributed by atoms with Gasteiger partial charge in [0.2, 0.25) is 5.89 Å². The topological polar surface area (TPSA) is 62.9 Å². The van der Waals surface area contributed by atoms with Gasteiger partial charge in [0.1, 0.15) is 18.1 Å². The van der Waals surface area contributed by atoms with Crippen molar-refractivity contribution in [3.8, 4) is 5.75 Å². The van der Waals surface area contributed by atoms with Crippen LogP contribution in [0.15, 0.2) is 39.9 Å². The molecule has 0 fully saturated rings. The van der Waals surface area contributed by atoms with E-state index in [9.17, 15) is 0 Å². The van der Waals surface area contributed by atoms with Crippen LogP contribution in [-0.2, 0) is 12.0 Å². The van der Waals surface area contributed by atoms with Gasteiger partial charge >= 0.3 is 0 Å². The molecule has 0 unspecified atom stereocenters. The van der Waals surface area contributed by atoms with Gasteiger partial charge in [-0.25, -0.2) is 4.98 Å². The van der Waals surface area contributed by atoms with Crippen molar-refractivity contribution in [1.82, 2.24) is 15.2 Å². The fourth-order valence-corrected chi connectivity index (χ4v) is 2.34. The number of ether oxygens (including phenoxy) is 1. The Morgan fingerprint density at radius 2 is 1.96 bits per heavy atom. The molecule has 0 aliphatic rings. The van der Waals surface area contributed by atoms with Gasteiger partial charge in [0, 0.05) is 24.5 Å². The van der Waals surface area contributed by atoms with Crippen molar-refractivity contribution in [2.24, 2.45) is 4.99 Å². The van der Waals surface area contributed by atoms with E-state index in [1.54, 1.807) is 13.2 Å². The molecule has 150 valence electrons. The molecular weight excluding hydrogens is 479 g/mol. The molecule has 8 heteroatoms. The third-order valence-corrected chi connectivity index (χ3v) is 4.02. The Balaban J connectivity index is 0.00000364. The number of hydrogen-bond acceptors (Lipinski definition) is 4. The highest BCUT2D eigenvalue weighted by Crippen LogP contribution is 2.22. The van der Waals surface area contributed by atoms with Gasteiger partial charge in [-0.1, -0.05) is 32.4 Å². The van der Waals surface area contributed by atoms with E-state index in [1.165, 1.54) is 0 Å². The van der Waals surface area contributed by atoms with Gasteiger partial charge in [0.25, 0.3) is 0 Å². The summed E-state index contributed by atoms with van der Waals surface area (Å²) >= 11 is 5.87. The second-order valence-electron chi connectivity index (χ2n) is 6.99. The highest BCUT2D eigenvalue weighted by atomic mass is 127. The number of hydrogen-bond donors (Lipinski definition) is 1. The van der Waals surface area contributed by atoms with E-state index in [1.807, 2.05) is 36.2 Å². The van der Waals surface area contributed by atoms with Gasteiger partial charge in [0.05, 0.1) is 19.3 Å². The Morgan fingerprint density at radius 3 is 2.52 bits per heavy atom. The Labute approximate surface area is 183 Å². The second-order valence-corrected chi connectivity index (χ2v) is 7.43. The number of rotatable bonds is 6. The summed E-state index contributed by atoms with van der Waals surface area (Å²) in [6.45, 7) is 7.98. The van der Waals surface area contributed by atoms with Gasteiger partial charge in [0.15, 0.2) is 5.96 Å². The molecule has 1 aromatic heterocycles. The molecule has 0 saturated heterocycles. The first-order valence-corrected chi connectivity index (χ1v) is 8.92. The Bertz CT molecular complexity index is 726. The number of halogens is 2. The van der Waals surface area contributed by atoms with E-state index in [0.717, 1.165) is 17.5 Å². The molecule has 1 N–H and O–H groups in total. The number of aromatic nitrogens is 1. The summed E-state index contributed by atoms with van der Waals surface area (Å²) in [6, 6.07) is 7.32. The van der Waals surface area contributed by atoms with Crippen LogP contribution in [0.4, 0.5) is 0 Å². The number of nitrogens with zero attached hydrogens (tertiary/aromatic N) is 3. The summed E-state index contributed by atoms with van der Waals surface area (Å²) in [7, 11) is 3.70. The molecule has 1 heterocycles. The fourth-order valence-electron chi connectivity index (χ4n) is 2.22. The number of likely N-dealkylation sites (N-methyl/N-ethyl adjacent to an activating group) is 1. The number of benzene rings is 1. The van der Waals surface area contributed by atoms with E-state index in [0.29, 0.717) is 30.6 Å². The molecule has 0 radical (unpaired) electrons. The van der Waals surface area contributed by atoms with Crippen molar-refractivity contribution in [3.63, 3.8) is 0 Å². The Kier molecular flexibility index (Phi) is 9.38. The van der Waals surface area contributed by atoms with Crippen LogP contribution in [-0.4, -0.2) is 43.1 Å². The molecule has 0 spiro atoms. The Morgan fingerprint density at radius 1 is 1.30 bits per heavy atom. The average Bonchev–Trinajstić information content (AvgIpc) is 3.06. The number of nitrogens with one attached hydrogen (secondary N) is 1. The fraction of sp³-hybridized carbons (Fsp3) is 0.474. The third-order valence-electron chi connectivity index (χ3n) is 3.77. The minimum Gasteiger partial charge on any atom is -0.492 e. The lowest BCUT2D eigenvalue weighted by molar-refractivity contribution is 0.281. The summed E-state index contributed by atoms with van der Waals surface area (Å²) in [5, 5.41) is 3.95. The summed E-state index contributed by atoms with van der Waals surface area (Å²) in [5.74, 6) is 3.05. The zero-order chi connectivity index (χ0) is 19.2. The lowest BCUT2D eigenvalue weighted by atomic mass is 9.94. The molecule has 0 aliphatic carbocycles. The maximum atomic E-state index is 5.87. The van der Waals surface area contributed by atoms with Gasteiger partial charge in [-0.2, -0.15) is 0 Å². The predicted molar refractivity (Wildman–Crippen MR) is 120 cm³/mol. The van der Waals surface area contributed by atoms with Gasteiger partial charge in [-0.05, 0) is 24.3 Å². The van der Waals surface area contributed by atoms with E-state index >= 15 is 0 Å².